The normalized spacial score (nSPS) is 10.5. The second-order valence-electron chi connectivity index (χ2n) is 4.03. The molecule has 0 saturated carbocycles. The van der Waals surface area contributed by atoms with Gasteiger partial charge in [0, 0.05) is 5.57 Å². The third-order valence-corrected chi connectivity index (χ3v) is 1.84. The molecule has 0 radical (unpaired) electrons. The summed E-state index contributed by atoms with van der Waals surface area (Å²) >= 11 is 0. The Morgan fingerprint density at radius 1 is 1.44 bits per heavy atom. The molecule has 0 bridgehead atoms. The summed E-state index contributed by atoms with van der Waals surface area (Å²) in [4.78, 5) is 11.3. The predicted octanol–water partition coefficient (Wildman–Crippen LogP) is 2.07. The Morgan fingerprint density at radius 3 is 2.44 bits per heavy atom. The molecular weight excluding hydrogens is 430 g/mol. The summed E-state index contributed by atoms with van der Waals surface area (Å²) in [6, 6.07) is 0. The maximum Gasteiger partial charge on any atom is 2.00 e. The van der Waals surface area contributed by atoms with Crippen LogP contribution in [0.3, 0.4) is 0 Å². The van der Waals surface area contributed by atoms with E-state index in [9.17, 15) is 4.79 Å². The molecule has 0 rings (SSSR count). The molecule has 0 spiro atoms. The molecule has 0 heterocycles. The zero-order valence-electron chi connectivity index (χ0n) is 10.2. The summed E-state index contributed by atoms with van der Waals surface area (Å²) in [5.74, 6) is -0.373. The number of hydrogen-bond acceptors (Lipinski definition) is 3. The van der Waals surface area contributed by atoms with Gasteiger partial charge < -0.3 is 16.3 Å². The van der Waals surface area contributed by atoms with Crippen molar-refractivity contribution in [3.63, 3.8) is 0 Å². The van der Waals surface area contributed by atoms with Crippen LogP contribution in [0.5, 0.6) is 0 Å². The van der Waals surface area contributed by atoms with Crippen LogP contribution in [-0.4, -0.2) is 23.3 Å². The number of hydrogen-bond donors (Lipinski definition) is 1. The van der Waals surface area contributed by atoms with Gasteiger partial charge in [-0.25, -0.2) is 17.6 Å². The van der Waals surface area contributed by atoms with Crippen molar-refractivity contribution in [1.29, 1.82) is 0 Å². The summed E-state index contributed by atoms with van der Waals surface area (Å²) in [5, 5.41) is 8.55. The molecule has 0 aromatic rings. The van der Waals surface area contributed by atoms with E-state index in [4.69, 9.17) is 9.84 Å². The van der Waals surface area contributed by atoms with E-state index in [1.807, 2.05) is 20.3 Å². The summed E-state index contributed by atoms with van der Waals surface area (Å²) in [5.41, 5.74) is -0.183. The third kappa shape index (κ3) is 9.45. The Labute approximate surface area is 122 Å². The van der Waals surface area contributed by atoms with Crippen LogP contribution in [0.15, 0.2) is 12.2 Å². The molecule has 0 aliphatic heterocycles. The quantitative estimate of drug-likeness (QED) is 0.280. The third-order valence-electron chi connectivity index (χ3n) is 1.84. The van der Waals surface area contributed by atoms with Crippen molar-refractivity contribution in [3.8, 4) is 0 Å². The van der Waals surface area contributed by atoms with Gasteiger partial charge in [0.15, 0.2) is 0 Å². The largest absolute Gasteiger partial charge is 2.00 e. The van der Waals surface area contributed by atoms with Crippen molar-refractivity contribution in [3.05, 3.63) is 25.0 Å². The standard InChI is InChI=1S/C12H20O3.U/c1-10(2)11(14)15-12(3,4)8-6-5-7-9-13;/h7-8,13H,1,5-6,9H2,2-4H3;/q-2;+2. The number of rotatable bonds is 7. The van der Waals surface area contributed by atoms with Crippen molar-refractivity contribution in [2.75, 3.05) is 6.61 Å². The second-order valence-corrected chi connectivity index (χ2v) is 4.03. The van der Waals surface area contributed by atoms with Gasteiger partial charge in [0.2, 0.25) is 0 Å². The number of ether oxygens (including phenoxy) is 1. The molecule has 0 amide bonds. The van der Waals surface area contributed by atoms with Crippen LogP contribution < -0.4 is 0 Å². The van der Waals surface area contributed by atoms with Gasteiger partial charge in [0.05, 0.1) is 0 Å². The van der Waals surface area contributed by atoms with Crippen LogP contribution in [0.2, 0.25) is 0 Å². The van der Waals surface area contributed by atoms with Crippen molar-refractivity contribution in [2.24, 2.45) is 0 Å². The summed E-state index contributed by atoms with van der Waals surface area (Å²) in [6.45, 7) is 8.88. The zero-order chi connectivity index (χ0) is 11.9. The monoisotopic (exact) mass is 450 g/mol. The van der Waals surface area contributed by atoms with E-state index in [2.05, 4.69) is 6.58 Å². The molecule has 3 nitrogen and oxygen atoms in total. The Hall–Kier alpha value is 0.222. The Morgan fingerprint density at radius 2 is 2.00 bits per heavy atom. The van der Waals surface area contributed by atoms with Crippen molar-refractivity contribution in [2.45, 2.75) is 39.2 Å². The Balaban J connectivity index is 0. The van der Waals surface area contributed by atoms with Gasteiger partial charge in [0.1, 0.15) is 0 Å². The SMILES string of the molecule is C=C(C)C(=O)OC(C)(C)[CH-]CC[CH-]CO.[U+2]. The van der Waals surface area contributed by atoms with Gasteiger partial charge in [-0.2, -0.15) is 0 Å². The van der Waals surface area contributed by atoms with E-state index < -0.39 is 5.60 Å². The first-order valence-electron chi connectivity index (χ1n) is 5.05. The fourth-order valence-corrected chi connectivity index (χ4v) is 1.01. The first-order valence-corrected chi connectivity index (χ1v) is 5.05. The minimum Gasteiger partial charge on any atom is -0.489 e. The van der Waals surface area contributed by atoms with E-state index in [-0.39, 0.29) is 43.7 Å². The molecule has 0 aromatic carbocycles. The molecule has 90 valence electrons. The van der Waals surface area contributed by atoms with Gasteiger partial charge in [-0.1, -0.05) is 27.0 Å². The number of carbonyl (C=O) groups is 1. The fraction of sp³-hybridized carbons (Fsp3) is 0.583. The average molecular weight is 450 g/mol. The molecule has 1 N–H and O–H groups in total. The first-order chi connectivity index (χ1) is 6.89. The van der Waals surface area contributed by atoms with E-state index in [0.29, 0.717) is 5.57 Å². The summed E-state index contributed by atoms with van der Waals surface area (Å²) in [7, 11) is 0. The van der Waals surface area contributed by atoms with Gasteiger partial charge in [-0.05, 0) is 12.5 Å². The van der Waals surface area contributed by atoms with Gasteiger partial charge in [0.25, 0.3) is 0 Å². The molecule has 0 atom stereocenters. The van der Waals surface area contributed by atoms with Crippen LogP contribution in [0.4, 0.5) is 0 Å². The van der Waals surface area contributed by atoms with E-state index >= 15 is 0 Å². The van der Waals surface area contributed by atoms with Gasteiger partial charge in [-0.3, -0.25) is 6.42 Å². The second kappa shape index (κ2) is 9.27. The minimum atomic E-state index is -0.584. The number of esters is 1. The van der Waals surface area contributed by atoms with Crippen molar-refractivity contribution >= 4 is 5.97 Å². The zero-order valence-corrected chi connectivity index (χ0v) is 14.4. The van der Waals surface area contributed by atoms with Crippen LogP contribution >= 0.6 is 0 Å². The molecule has 4 heteroatoms. The van der Waals surface area contributed by atoms with Crippen LogP contribution in [0.1, 0.15) is 33.6 Å². The molecular formula is C12H20O3U. The molecule has 0 fully saturated rings. The molecule has 0 aliphatic rings. The molecule has 16 heavy (non-hydrogen) atoms. The minimum absolute atomic E-state index is 0. The van der Waals surface area contributed by atoms with Crippen molar-refractivity contribution in [1.82, 2.24) is 0 Å². The van der Waals surface area contributed by atoms with Crippen molar-refractivity contribution < 1.29 is 45.8 Å². The topological polar surface area (TPSA) is 46.5 Å². The molecule has 0 saturated heterocycles. The van der Waals surface area contributed by atoms with Gasteiger partial charge >= 0.3 is 37.1 Å². The number of carbonyl (C=O) groups excluding carboxylic acids is 1. The predicted molar refractivity (Wildman–Crippen MR) is 59.9 cm³/mol. The van der Waals surface area contributed by atoms with Crippen LogP contribution in [0, 0.1) is 44.0 Å². The summed E-state index contributed by atoms with van der Waals surface area (Å²) < 4.78 is 5.21. The maximum absolute atomic E-state index is 11.3. The fourth-order valence-electron chi connectivity index (χ4n) is 1.01. The van der Waals surface area contributed by atoms with E-state index in [0.717, 1.165) is 12.8 Å². The molecule has 0 aliphatic carbocycles. The van der Waals surface area contributed by atoms with Crippen LogP contribution in [-0.2, 0) is 9.53 Å². The van der Waals surface area contributed by atoms with E-state index in [1.54, 1.807) is 13.3 Å². The Bertz CT molecular complexity index is 224. The number of aliphatic hydroxyl groups excluding tert-OH is 1. The van der Waals surface area contributed by atoms with Gasteiger partial charge in [-0.15, -0.1) is 0 Å². The summed E-state index contributed by atoms with van der Waals surface area (Å²) in [6.07, 6.45) is 5.24. The first kappa shape index (κ1) is 18.6. The number of aliphatic hydroxyl groups is 1. The Kier molecular flexibility index (Phi) is 10.8. The maximum atomic E-state index is 11.3. The molecule has 0 aromatic heterocycles. The van der Waals surface area contributed by atoms with Crippen LogP contribution in [0.25, 0.3) is 0 Å². The molecule has 0 unspecified atom stereocenters. The van der Waals surface area contributed by atoms with E-state index in [1.165, 1.54) is 0 Å². The smallest absolute Gasteiger partial charge is 0.489 e. The average Bonchev–Trinajstić information content (AvgIpc) is 2.11. The number of unbranched alkanes of at least 4 members (excludes halogenated alkanes) is 2.